The van der Waals surface area contributed by atoms with Crippen molar-refractivity contribution in [3.63, 3.8) is 0 Å². The molecule has 1 unspecified atom stereocenters. The average molecular weight is 425 g/mol. The molecule has 0 spiro atoms. The number of nitriles is 1. The molecule has 1 saturated heterocycles. The van der Waals surface area contributed by atoms with Gasteiger partial charge in [0.1, 0.15) is 5.54 Å². The summed E-state index contributed by atoms with van der Waals surface area (Å²) in [6.45, 7) is 3.39. The fourth-order valence-electron chi connectivity index (χ4n) is 3.23. The van der Waals surface area contributed by atoms with Gasteiger partial charge in [0.15, 0.2) is 0 Å². The van der Waals surface area contributed by atoms with Crippen LogP contribution in [0.25, 0.3) is 11.1 Å². The number of hydrogen-bond acceptors (Lipinski definition) is 6. The van der Waals surface area contributed by atoms with Gasteiger partial charge in [0.05, 0.1) is 18.5 Å². The number of nitrogens with zero attached hydrogens (tertiary/aromatic N) is 2. The van der Waals surface area contributed by atoms with Crippen molar-refractivity contribution < 1.29 is 14.8 Å². The molecule has 3 amide bonds. The molecule has 1 heterocycles. The number of imide groups is 1. The van der Waals surface area contributed by atoms with Crippen LogP contribution in [0, 0.1) is 11.3 Å². The van der Waals surface area contributed by atoms with Crippen LogP contribution in [-0.4, -0.2) is 45.9 Å². The van der Waals surface area contributed by atoms with Crippen LogP contribution in [0.5, 0.6) is 0 Å². The molecule has 0 radical (unpaired) electrons. The van der Waals surface area contributed by atoms with Crippen LogP contribution < -0.4 is 10.8 Å². The largest absolute Gasteiger partial charge is 0.325 e. The second-order valence-corrected chi connectivity index (χ2v) is 8.76. The first-order valence-corrected chi connectivity index (χ1v) is 10.6. The Morgan fingerprint density at radius 3 is 2.53 bits per heavy atom. The number of amides is 3. The van der Waals surface area contributed by atoms with E-state index >= 15 is 0 Å². The quantitative estimate of drug-likeness (QED) is 0.341. The minimum Gasteiger partial charge on any atom is -0.324 e. The van der Waals surface area contributed by atoms with Gasteiger partial charge >= 0.3 is 6.03 Å². The third-order valence-corrected chi connectivity index (χ3v) is 6.05. The van der Waals surface area contributed by atoms with Gasteiger partial charge in [0.25, 0.3) is 5.91 Å². The lowest BCUT2D eigenvalue weighted by molar-refractivity contribution is -0.130. The Morgan fingerprint density at radius 2 is 1.93 bits per heavy atom. The number of hydrogen-bond donors (Lipinski definition) is 3. The summed E-state index contributed by atoms with van der Waals surface area (Å²) < 4.78 is 0. The van der Waals surface area contributed by atoms with Crippen molar-refractivity contribution >= 4 is 23.7 Å². The molecular weight excluding hydrogens is 400 g/mol. The Hall–Kier alpha value is -2.86. The molecule has 0 saturated carbocycles. The number of carbonyl (C=O) groups is 2. The highest BCUT2D eigenvalue weighted by atomic mass is 32.2. The predicted molar refractivity (Wildman–Crippen MR) is 115 cm³/mol. The lowest BCUT2D eigenvalue weighted by atomic mass is 10.0. The second-order valence-electron chi connectivity index (χ2n) is 7.67. The van der Waals surface area contributed by atoms with Gasteiger partial charge in [0, 0.05) is 17.2 Å². The third kappa shape index (κ3) is 5.00. The lowest BCUT2D eigenvalue weighted by Gasteiger charge is -2.21. The van der Waals surface area contributed by atoms with Crippen LogP contribution in [0.3, 0.4) is 0 Å². The molecule has 156 valence electrons. The first-order valence-electron chi connectivity index (χ1n) is 9.57. The Bertz CT molecular complexity index is 969. The number of rotatable bonds is 8. The SMILES string of the molecule is CC1(C)NC(=O)N(CC(CSc2ccc(-c3cccc(CC#N)c3)cc2)NO)C1=O. The van der Waals surface area contributed by atoms with Crippen molar-refractivity contribution in [1.29, 1.82) is 5.26 Å². The molecule has 1 fully saturated rings. The zero-order valence-electron chi connectivity index (χ0n) is 16.9. The van der Waals surface area contributed by atoms with Crippen LogP contribution in [0.15, 0.2) is 53.4 Å². The number of thioether (sulfide) groups is 1. The van der Waals surface area contributed by atoms with Crippen LogP contribution in [-0.2, 0) is 11.2 Å². The molecule has 2 aromatic rings. The van der Waals surface area contributed by atoms with Gasteiger partial charge in [-0.1, -0.05) is 36.4 Å². The standard InChI is InChI=1S/C22H24N4O3S/c1-22(2)20(27)26(21(28)24-22)13-18(25-29)14-30-19-8-6-16(7-9-19)17-5-3-4-15(12-17)10-11-23/h3-9,12,18,25,29H,10,13-14H2,1-2H3,(H,24,28). The van der Waals surface area contributed by atoms with Crippen molar-refractivity contribution in [2.75, 3.05) is 12.3 Å². The maximum Gasteiger partial charge on any atom is 0.325 e. The van der Waals surface area contributed by atoms with E-state index in [0.29, 0.717) is 12.2 Å². The van der Waals surface area contributed by atoms with E-state index in [1.807, 2.05) is 48.5 Å². The van der Waals surface area contributed by atoms with Crippen molar-refractivity contribution in [3.05, 3.63) is 54.1 Å². The summed E-state index contributed by atoms with van der Waals surface area (Å²) in [6.07, 6.45) is 0.381. The van der Waals surface area contributed by atoms with Gasteiger partial charge in [-0.3, -0.25) is 9.69 Å². The first-order chi connectivity index (χ1) is 14.3. The molecule has 0 aromatic heterocycles. The summed E-state index contributed by atoms with van der Waals surface area (Å²) in [6, 6.07) is 17.2. The molecule has 2 aromatic carbocycles. The maximum absolute atomic E-state index is 12.3. The molecule has 1 aliphatic rings. The normalized spacial score (nSPS) is 16.3. The van der Waals surface area contributed by atoms with E-state index in [1.165, 1.54) is 11.8 Å². The molecule has 30 heavy (non-hydrogen) atoms. The monoisotopic (exact) mass is 424 g/mol. The molecule has 1 aliphatic heterocycles. The minimum atomic E-state index is -0.926. The predicted octanol–water partition coefficient (Wildman–Crippen LogP) is 3.19. The van der Waals surface area contributed by atoms with E-state index in [-0.39, 0.29) is 12.5 Å². The summed E-state index contributed by atoms with van der Waals surface area (Å²) in [5, 5.41) is 21.0. The van der Waals surface area contributed by atoms with Crippen molar-refractivity contribution in [3.8, 4) is 17.2 Å². The van der Waals surface area contributed by atoms with Gasteiger partial charge in [0.2, 0.25) is 0 Å². The van der Waals surface area contributed by atoms with Gasteiger partial charge in [-0.15, -0.1) is 11.8 Å². The fraction of sp³-hybridized carbons (Fsp3) is 0.318. The summed E-state index contributed by atoms with van der Waals surface area (Å²) in [4.78, 5) is 26.5. The van der Waals surface area contributed by atoms with Gasteiger partial charge in [-0.05, 0) is 42.7 Å². The van der Waals surface area contributed by atoms with E-state index in [9.17, 15) is 14.8 Å². The Kier molecular flexibility index (Phi) is 6.77. The topological polar surface area (TPSA) is 105 Å². The first kappa shape index (κ1) is 21.8. The third-order valence-electron chi connectivity index (χ3n) is 4.88. The average Bonchev–Trinajstić information content (AvgIpc) is 2.93. The summed E-state index contributed by atoms with van der Waals surface area (Å²) in [5.74, 6) is 0.172. The van der Waals surface area contributed by atoms with E-state index in [0.717, 1.165) is 26.5 Å². The number of nitrogens with one attached hydrogen (secondary N) is 2. The van der Waals surface area contributed by atoms with Crippen LogP contribution in [0.2, 0.25) is 0 Å². The van der Waals surface area contributed by atoms with E-state index in [2.05, 4.69) is 16.9 Å². The Labute approximate surface area is 180 Å². The highest BCUT2D eigenvalue weighted by Crippen LogP contribution is 2.26. The molecule has 1 atom stereocenters. The zero-order valence-corrected chi connectivity index (χ0v) is 17.7. The lowest BCUT2D eigenvalue weighted by Crippen LogP contribution is -2.45. The van der Waals surface area contributed by atoms with Gasteiger partial charge in [-0.25, -0.2) is 4.79 Å². The molecule has 3 rings (SSSR count). The molecule has 7 nitrogen and oxygen atoms in total. The summed E-state index contributed by atoms with van der Waals surface area (Å²) in [5.41, 5.74) is 4.36. The van der Waals surface area contributed by atoms with Gasteiger partial charge < -0.3 is 10.5 Å². The fourth-order valence-corrected chi connectivity index (χ4v) is 4.13. The van der Waals surface area contributed by atoms with Crippen molar-refractivity contribution in [2.45, 2.75) is 36.7 Å². The molecular formula is C22H24N4O3S. The summed E-state index contributed by atoms with van der Waals surface area (Å²) >= 11 is 1.52. The maximum atomic E-state index is 12.3. The molecule has 3 N–H and O–H groups in total. The number of benzene rings is 2. The van der Waals surface area contributed by atoms with Gasteiger partial charge in [-0.2, -0.15) is 10.7 Å². The number of urea groups is 1. The number of carbonyl (C=O) groups excluding carboxylic acids is 2. The van der Waals surface area contributed by atoms with Crippen molar-refractivity contribution in [2.24, 2.45) is 0 Å². The second kappa shape index (κ2) is 9.30. The van der Waals surface area contributed by atoms with E-state index < -0.39 is 17.6 Å². The highest BCUT2D eigenvalue weighted by Gasteiger charge is 2.44. The Morgan fingerprint density at radius 1 is 1.20 bits per heavy atom. The Balaban J connectivity index is 1.60. The van der Waals surface area contributed by atoms with Crippen LogP contribution in [0.1, 0.15) is 19.4 Å². The minimum absolute atomic E-state index is 0.0847. The van der Waals surface area contributed by atoms with E-state index in [1.54, 1.807) is 13.8 Å². The molecule has 0 bridgehead atoms. The molecule has 8 heteroatoms. The zero-order chi connectivity index (χ0) is 21.7. The van der Waals surface area contributed by atoms with Crippen LogP contribution >= 0.6 is 11.8 Å². The van der Waals surface area contributed by atoms with E-state index in [4.69, 9.17) is 5.26 Å². The number of hydroxylamine groups is 1. The van der Waals surface area contributed by atoms with Crippen LogP contribution in [0.4, 0.5) is 4.79 Å². The smallest absolute Gasteiger partial charge is 0.324 e. The van der Waals surface area contributed by atoms with Crippen molar-refractivity contribution in [1.82, 2.24) is 15.7 Å². The highest BCUT2D eigenvalue weighted by molar-refractivity contribution is 7.99. The summed E-state index contributed by atoms with van der Waals surface area (Å²) in [7, 11) is 0. The molecule has 0 aliphatic carbocycles.